The molecular weight excluding hydrogens is 298 g/mol. The molecule has 0 saturated carbocycles. The van der Waals surface area contributed by atoms with Crippen molar-refractivity contribution in [2.75, 3.05) is 6.26 Å². The minimum Gasteiger partial charge on any atom is -0.488 e. The van der Waals surface area contributed by atoms with Gasteiger partial charge in [0, 0.05) is 26.6 Å². The number of nitrogens with two attached hydrogens (primary N) is 1. The maximum atomic E-state index is 6.05. The minimum atomic E-state index is 0.558. The van der Waals surface area contributed by atoms with Crippen molar-refractivity contribution in [3.05, 3.63) is 59.0 Å². The molecule has 0 saturated heterocycles. The molecule has 21 heavy (non-hydrogen) atoms. The Bertz CT molecular complexity index is 751. The Labute approximate surface area is 132 Å². The van der Waals surface area contributed by atoms with Gasteiger partial charge in [-0.25, -0.2) is 0 Å². The second-order valence-electron chi connectivity index (χ2n) is 4.64. The van der Waals surface area contributed by atoms with Crippen LogP contribution in [0.25, 0.3) is 10.1 Å². The molecule has 0 unspecified atom stereocenters. The maximum absolute atomic E-state index is 6.05. The molecule has 2 N–H and O–H groups in total. The quantitative estimate of drug-likeness (QED) is 0.695. The van der Waals surface area contributed by atoms with Crippen LogP contribution in [0, 0.1) is 0 Å². The van der Waals surface area contributed by atoms with Crippen LogP contribution in [0.3, 0.4) is 0 Å². The van der Waals surface area contributed by atoms with Crippen LogP contribution in [0.2, 0.25) is 0 Å². The molecule has 0 spiro atoms. The predicted octanol–water partition coefficient (Wildman–Crippen LogP) is 4.66. The van der Waals surface area contributed by atoms with E-state index in [1.807, 2.05) is 18.2 Å². The zero-order chi connectivity index (χ0) is 14.7. The fraction of sp³-hybridized carbons (Fsp3) is 0.176. The lowest BCUT2D eigenvalue weighted by Crippen LogP contribution is -2.02. The van der Waals surface area contributed by atoms with Gasteiger partial charge in [-0.2, -0.15) is 0 Å². The zero-order valence-electron chi connectivity index (χ0n) is 11.8. The van der Waals surface area contributed by atoms with Crippen LogP contribution in [0.4, 0.5) is 0 Å². The fourth-order valence-electron chi connectivity index (χ4n) is 2.36. The number of benzene rings is 2. The van der Waals surface area contributed by atoms with Crippen LogP contribution in [0.1, 0.15) is 10.4 Å². The molecule has 108 valence electrons. The number of ether oxygens (including phenoxy) is 1. The van der Waals surface area contributed by atoms with Crippen molar-refractivity contribution in [3.8, 4) is 5.75 Å². The number of hydrogen-bond acceptors (Lipinski definition) is 4. The average Bonchev–Trinajstić information content (AvgIpc) is 2.91. The maximum Gasteiger partial charge on any atom is 0.133 e. The van der Waals surface area contributed by atoms with E-state index in [1.54, 1.807) is 23.1 Å². The number of hydrogen-bond donors (Lipinski definition) is 1. The van der Waals surface area contributed by atoms with Gasteiger partial charge in [0.15, 0.2) is 0 Å². The third-order valence-corrected chi connectivity index (χ3v) is 5.42. The second-order valence-corrected chi connectivity index (χ2v) is 6.63. The van der Waals surface area contributed by atoms with Crippen molar-refractivity contribution in [1.29, 1.82) is 0 Å². The molecule has 3 rings (SSSR count). The van der Waals surface area contributed by atoms with Gasteiger partial charge in [0.25, 0.3) is 0 Å². The van der Waals surface area contributed by atoms with Crippen molar-refractivity contribution in [2.45, 2.75) is 18.0 Å². The number of rotatable bonds is 5. The lowest BCUT2D eigenvalue weighted by Gasteiger charge is -2.10. The molecule has 0 aliphatic carbocycles. The SMILES string of the molecule is CSc1ccccc1OCc1c(CN)sc2ccccc12. The van der Waals surface area contributed by atoms with E-state index in [0.29, 0.717) is 13.2 Å². The van der Waals surface area contributed by atoms with Crippen molar-refractivity contribution < 1.29 is 4.74 Å². The van der Waals surface area contributed by atoms with Gasteiger partial charge in [-0.3, -0.25) is 0 Å². The number of para-hydroxylation sites is 1. The van der Waals surface area contributed by atoms with E-state index in [2.05, 4.69) is 36.6 Å². The number of thioether (sulfide) groups is 1. The third kappa shape index (κ3) is 2.93. The van der Waals surface area contributed by atoms with E-state index in [-0.39, 0.29) is 0 Å². The largest absolute Gasteiger partial charge is 0.488 e. The third-order valence-electron chi connectivity index (χ3n) is 3.41. The first-order valence-electron chi connectivity index (χ1n) is 6.78. The first-order chi connectivity index (χ1) is 10.3. The van der Waals surface area contributed by atoms with E-state index in [4.69, 9.17) is 10.5 Å². The normalized spacial score (nSPS) is 11.0. The van der Waals surface area contributed by atoms with E-state index in [0.717, 1.165) is 10.6 Å². The Kier molecular flexibility index (Phi) is 4.48. The van der Waals surface area contributed by atoms with Gasteiger partial charge in [-0.05, 0) is 29.8 Å². The Balaban J connectivity index is 1.91. The highest BCUT2D eigenvalue weighted by molar-refractivity contribution is 7.98. The average molecular weight is 315 g/mol. The first kappa shape index (κ1) is 14.4. The van der Waals surface area contributed by atoms with E-state index in [9.17, 15) is 0 Å². The molecule has 0 aliphatic heterocycles. The molecule has 0 aliphatic rings. The van der Waals surface area contributed by atoms with Crippen LogP contribution < -0.4 is 10.5 Å². The Morgan fingerprint density at radius 3 is 2.67 bits per heavy atom. The molecule has 3 aromatic rings. The van der Waals surface area contributed by atoms with Gasteiger partial charge in [0.05, 0.1) is 0 Å². The highest BCUT2D eigenvalue weighted by Crippen LogP contribution is 2.33. The minimum absolute atomic E-state index is 0.558. The van der Waals surface area contributed by atoms with Gasteiger partial charge in [-0.15, -0.1) is 23.1 Å². The highest BCUT2D eigenvalue weighted by atomic mass is 32.2. The van der Waals surface area contributed by atoms with Gasteiger partial charge in [0.1, 0.15) is 12.4 Å². The summed E-state index contributed by atoms with van der Waals surface area (Å²) in [4.78, 5) is 2.36. The lowest BCUT2D eigenvalue weighted by atomic mass is 10.1. The summed E-state index contributed by atoms with van der Waals surface area (Å²) in [6, 6.07) is 16.5. The number of thiophene rings is 1. The standard InChI is InChI=1S/C17H17NOS2/c1-20-16-9-5-3-7-14(16)19-11-13-12-6-2-4-8-15(12)21-17(13)10-18/h2-9H,10-11,18H2,1H3. The fourth-order valence-corrected chi connectivity index (χ4v) is 3.99. The van der Waals surface area contributed by atoms with Crippen molar-refractivity contribution >= 4 is 33.2 Å². The van der Waals surface area contributed by atoms with Gasteiger partial charge in [0.2, 0.25) is 0 Å². The van der Waals surface area contributed by atoms with Crippen LogP contribution >= 0.6 is 23.1 Å². The lowest BCUT2D eigenvalue weighted by molar-refractivity contribution is 0.300. The van der Waals surface area contributed by atoms with Gasteiger partial charge >= 0.3 is 0 Å². The van der Waals surface area contributed by atoms with E-state index in [1.165, 1.54) is 20.5 Å². The molecule has 0 amide bonds. The van der Waals surface area contributed by atoms with Crippen molar-refractivity contribution in [2.24, 2.45) is 5.73 Å². The Morgan fingerprint density at radius 1 is 1.10 bits per heavy atom. The summed E-state index contributed by atoms with van der Waals surface area (Å²) in [5.41, 5.74) is 7.11. The monoisotopic (exact) mass is 315 g/mol. The molecule has 0 fully saturated rings. The van der Waals surface area contributed by atoms with Crippen molar-refractivity contribution in [1.82, 2.24) is 0 Å². The summed E-state index contributed by atoms with van der Waals surface area (Å²) in [5, 5.41) is 1.25. The van der Waals surface area contributed by atoms with Crippen LogP contribution in [0.5, 0.6) is 5.75 Å². The molecular formula is C17H17NOS2. The summed E-state index contributed by atoms with van der Waals surface area (Å²) in [7, 11) is 0. The predicted molar refractivity (Wildman–Crippen MR) is 92.3 cm³/mol. The van der Waals surface area contributed by atoms with Crippen LogP contribution in [-0.4, -0.2) is 6.26 Å². The number of fused-ring (bicyclic) bond motifs is 1. The topological polar surface area (TPSA) is 35.2 Å². The molecule has 0 radical (unpaired) electrons. The van der Waals surface area contributed by atoms with Gasteiger partial charge < -0.3 is 10.5 Å². The molecule has 1 heterocycles. The van der Waals surface area contributed by atoms with E-state index >= 15 is 0 Å². The summed E-state index contributed by atoms with van der Waals surface area (Å²) >= 11 is 3.46. The summed E-state index contributed by atoms with van der Waals surface area (Å²) < 4.78 is 7.33. The highest BCUT2D eigenvalue weighted by Gasteiger charge is 2.12. The van der Waals surface area contributed by atoms with E-state index < -0.39 is 0 Å². The molecule has 0 bridgehead atoms. The Hall–Kier alpha value is -1.49. The van der Waals surface area contributed by atoms with Crippen molar-refractivity contribution in [3.63, 3.8) is 0 Å². The smallest absolute Gasteiger partial charge is 0.133 e. The van der Waals surface area contributed by atoms with Gasteiger partial charge in [-0.1, -0.05) is 30.3 Å². The van der Waals surface area contributed by atoms with Crippen LogP contribution in [-0.2, 0) is 13.2 Å². The summed E-state index contributed by atoms with van der Waals surface area (Å²) in [6.45, 7) is 1.12. The summed E-state index contributed by atoms with van der Waals surface area (Å²) in [6.07, 6.45) is 2.06. The Morgan fingerprint density at radius 2 is 1.86 bits per heavy atom. The summed E-state index contributed by atoms with van der Waals surface area (Å²) in [5.74, 6) is 0.934. The molecule has 0 atom stereocenters. The molecule has 2 aromatic carbocycles. The molecule has 4 heteroatoms. The first-order valence-corrected chi connectivity index (χ1v) is 8.82. The molecule has 2 nitrogen and oxygen atoms in total. The second kappa shape index (κ2) is 6.52. The molecule has 1 aromatic heterocycles. The zero-order valence-corrected chi connectivity index (χ0v) is 13.5. The van der Waals surface area contributed by atoms with Crippen LogP contribution in [0.15, 0.2) is 53.4 Å².